The number of aromatic nitrogens is 4. The van der Waals surface area contributed by atoms with Gasteiger partial charge < -0.3 is 9.64 Å². The summed E-state index contributed by atoms with van der Waals surface area (Å²) in [5.41, 5.74) is 0.966. The van der Waals surface area contributed by atoms with Gasteiger partial charge in [-0.2, -0.15) is 13.2 Å². The first-order chi connectivity index (χ1) is 18.9. The highest BCUT2D eigenvalue weighted by molar-refractivity contribution is 7.92. The predicted octanol–water partition coefficient (Wildman–Crippen LogP) is 3.84. The van der Waals surface area contributed by atoms with Crippen molar-refractivity contribution in [1.82, 2.24) is 24.6 Å². The lowest BCUT2D eigenvalue weighted by Gasteiger charge is -2.59. The average molecular weight is 595 g/mol. The van der Waals surface area contributed by atoms with E-state index in [1.165, 1.54) is 13.2 Å². The molecule has 1 saturated carbocycles. The van der Waals surface area contributed by atoms with Crippen LogP contribution < -0.4 is 9.64 Å². The van der Waals surface area contributed by atoms with Crippen LogP contribution in [0.2, 0.25) is 5.02 Å². The Morgan fingerprint density at radius 1 is 1.07 bits per heavy atom. The number of alkyl halides is 3. The van der Waals surface area contributed by atoms with Crippen LogP contribution in [-0.4, -0.2) is 70.8 Å². The smallest absolute Gasteiger partial charge is 0.433 e. The van der Waals surface area contributed by atoms with Crippen molar-refractivity contribution in [2.45, 2.75) is 44.1 Å². The fourth-order valence-corrected chi connectivity index (χ4v) is 8.33. The van der Waals surface area contributed by atoms with Gasteiger partial charge in [0.2, 0.25) is 0 Å². The molecule has 7 rings (SSSR count). The van der Waals surface area contributed by atoms with Gasteiger partial charge in [-0.3, -0.25) is 9.47 Å². The molecule has 0 N–H and O–H groups in total. The summed E-state index contributed by atoms with van der Waals surface area (Å²) in [6, 6.07) is 7.89. The third-order valence-corrected chi connectivity index (χ3v) is 10.6. The first kappa shape index (κ1) is 26.0. The number of methoxy groups -OCH3 is 1. The van der Waals surface area contributed by atoms with Crippen LogP contribution in [0, 0.1) is 5.41 Å². The molecular formula is C26H26ClF3N6O3S. The first-order valence-corrected chi connectivity index (χ1v) is 15.2. The molecule has 2 saturated heterocycles. The van der Waals surface area contributed by atoms with E-state index in [2.05, 4.69) is 24.6 Å². The Hall–Kier alpha value is -2.90. The van der Waals surface area contributed by atoms with Crippen LogP contribution in [-0.2, 0) is 29.1 Å². The molecule has 14 heteroatoms. The number of rotatable bonds is 4. The highest BCUT2D eigenvalue weighted by atomic mass is 35.5. The number of benzene rings is 1. The van der Waals surface area contributed by atoms with E-state index < -0.39 is 21.7 Å². The van der Waals surface area contributed by atoms with Crippen molar-refractivity contribution in [3.8, 4) is 11.4 Å². The molecule has 9 nitrogen and oxygen atoms in total. The summed E-state index contributed by atoms with van der Waals surface area (Å²) in [7, 11) is -1.56. The molecule has 0 radical (unpaired) electrons. The van der Waals surface area contributed by atoms with Gasteiger partial charge in [0, 0.05) is 42.0 Å². The van der Waals surface area contributed by atoms with Crippen LogP contribution in [0.5, 0.6) is 5.75 Å². The molecule has 212 valence electrons. The number of nitrogens with zero attached hydrogens (tertiary/aromatic N) is 6. The van der Waals surface area contributed by atoms with Gasteiger partial charge >= 0.3 is 6.18 Å². The number of anilines is 1. The quantitative estimate of drug-likeness (QED) is 0.450. The zero-order valence-electron chi connectivity index (χ0n) is 21.5. The van der Waals surface area contributed by atoms with Crippen LogP contribution in [0.15, 0.2) is 30.3 Å². The third-order valence-electron chi connectivity index (χ3n) is 8.59. The average Bonchev–Trinajstić information content (AvgIpc) is 3.15. The largest absolute Gasteiger partial charge is 0.493 e. The molecule has 0 bridgehead atoms. The number of fused-ring (bicyclic) bond motifs is 3. The third kappa shape index (κ3) is 4.24. The molecule has 3 fully saturated rings. The predicted molar refractivity (Wildman–Crippen MR) is 140 cm³/mol. The van der Waals surface area contributed by atoms with Gasteiger partial charge in [-0.05, 0) is 48.7 Å². The molecule has 3 aromatic rings. The van der Waals surface area contributed by atoms with Crippen LogP contribution in [0.1, 0.15) is 41.7 Å². The fraction of sp³-hybridized carbons (Fsp3) is 0.500. The maximum absolute atomic E-state index is 13.3. The van der Waals surface area contributed by atoms with Crippen molar-refractivity contribution >= 4 is 27.3 Å². The topological polar surface area (TPSA) is 93.4 Å². The summed E-state index contributed by atoms with van der Waals surface area (Å²) in [6.45, 7) is 2.22. The van der Waals surface area contributed by atoms with Crippen molar-refractivity contribution < 1.29 is 26.3 Å². The molecule has 40 heavy (non-hydrogen) atoms. The second-order valence-corrected chi connectivity index (χ2v) is 14.0. The number of ether oxygens (including phenoxy) is 1. The summed E-state index contributed by atoms with van der Waals surface area (Å²) < 4.78 is 70.9. The SMILES string of the molecule is COc1ccc(C(F)(F)F)nc1N1CC2(CC(c3nnc4n3-c3ccc(Cl)cc3CN(C3CS(=O)(=O)C3)C4)C2)C1. The molecule has 0 unspecified atom stereocenters. The number of hydrogen-bond donors (Lipinski definition) is 0. The number of sulfone groups is 1. The Morgan fingerprint density at radius 2 is 1.82 bits per heavy atom. The van der Waals surface area contributed by atoms with Gasteiger partial charge in [-0.25, -0.2) is 13.4 Å². The lowest BCUT2D eigenvalue weighted by molar-refractivity contribution is -0.141. The van der Waals surface area contributed by atoms with Crippen LogP contribution in [0.3, 0.4) is 0 Å². The van der Waals surface area contributed by atoms with Gasteiger partial charge in [0.25, 0.3) is 0 Å². The van der Waals surface area contributed by atoms with Crippen molar-refractivity contribution in [3.05, 3.63) is 58.3 Å². The van der Waals surface area contributed by atoms with E-state index in [1.807, 2.05) is 23.1 Å². The lowest BCUT2D eigenvalue weighted by atomic mass is 9.57. The van der Waals surface area contributed by atoms with Crippen molar-refractivity contribution in [2.75, 3.05) is 36.6 Å². The van der Waals surface area contributed by atoms with Crippen molar-refractivity contribution in [3.63, 3.8) is 0 Å². The maximum Gasteiger partial charge on any atom is 0.433 e. The first-order valence-electron chi connectivity index (χ1n) is 13.0. The number of pyridine rings is 1. The molecule has 2 aromatic heterocycles. The Labute approximate surface area is 233 Å². The lowest BCUT2D eigenvalue weighted by Crippen LogP contribution is -2.62. The highest BCUT2D eigenvalue weighted by Crippen LogP contribution is 2.57. The van der Waals surface area contributed by atoms with Gasteiger partial charge in [-0.1, -0.05) is 11.6 Å². The molecule has 4 aliphatic rings. The van der Waals surface area contributed by atoms with E-state index in [1.54, 1.807) is 0 Å². The molecule has 0 atom stereocenters. The fourth-order valence-electron chi connectivity index (χ4n) is 6.64. The minimum Gasteiger partial charge on any atom is -0.493 e. The van der Waals surface area contributed by atoms with Crippen molar-refractivity contribution in [2.24, 2.45) is 5.41 Å². The second kappa shape index (κ2) is 8.80. The van der Waals surface area contributed by atoms with E-state index in [-0.39, 0.29) is 34.7 Å². The molecule has 1 aliphatic carbocycles. The van der Waals surface area contributed by atoms with E-state index in [9.17, 15) is 21.6 Å². The number of halogens is 4. The monoisotopic (exact) mass is 594 g/mol. The van der Waals surface area contributed by atoms with Crippen molar-refractivity contribution in [1.29, 1.82) is 0 Å². The van der Waals surface area contributed by atoms with Crippen LogP contribution in [0.4, 0.5) is 19.0 Å². The van der Waals surface area contributed by atoms with E-state index >= 15 is 0 Å². The summed E-state index contributed by atoms with van der Waals surface area (Å²) in [6.07, 6.45) is -2.87. The highest BCUT2D eigenvalue weighted by Gasteiger charge is 2.55. The Balaban J connectivity index is 1.12. The van der Waals surface area contributed by atoms with E-state index in [0.717, 1.165) is 41.8 Å². The maximum atomic E-state index is 13.3. The Bertz CT molecular complexity index is 1600. The zero-order chi connectivity index (χ0) is 28.0. The zero-order valence-corrected chi connectivity index (χ0v) is 23.1. The molecule has 1 aromatic carbocycles. The van der Waals surface area contributed by atoms with Gasteiger partial charge in [0.1, 0.15) is 11.5 Å². The summed E-state index contributed by atoms with van der Waals surface area (Å²) >= 11 is 6.34. The van der Waals surface area contributed by atoms with Gasteiger partial charge in [0.15, 0.2) is 27.2 Å². The summed E-state index contributed by atoms with van der Waals surface area (Å²) in [4.78, 5) is 7.85. The number of hydrogen-bond acceptors (Lipinski definition) is 8. The Kier molecular flexibility index (Phi) is 5.72. The molecule has 5 heterocycles. The van der Waals surface area contributed by atoms with Crippen LogP contribution in [0.25, 0.3) is 5.69 Å². The second-order valence-electron chi connectivity index (χ2n) is 11.4. The summed E-state index contributed by atoms with van der Waals surface area (Å²) in [5, 5.41) is 9.71. The summed E-state index contributed by atoms with van der Waals surface area (Å²) in [5.74, 6) is 2.55. The van der Waals surface area contributed by atoms with Crippen LogP contribution >= 0.6 is 11.6 Å². The minimum atomic E-state index is -4.53. The standard InChI is InChI=1S/C26H26ClF3N6O3S/c1-39-20-4-5-21(26(28,29)30)31-24(20)35-13-25(14-35)7-16(8-25)23-33-32-22-10-34(18-11-40(37,38)12-18)9-15-6-17(27)2-3-19(15)36(22)23/h2-6,16,18H,7-14H2,1H3. The van der Waals surface area contributed by atoms with E-state index in [4.69, 9.17) is 16.3 Å². The molecule has 3 aliphatic heterocycles. The molecule has 0 amide bonds. The molecule has 1 spiro atoms. The molecular weight excluding hydrogens is 569 g/mol. The minimum absolute atomic E-state index is 0.0299. The Morgan fingerprint density at radius 3 is 2.50 bits per heavy atom. The van der Waals surface area contributed by atoms with Gasteiger partial charge in [-0.15, -0.1) is 10.2 Å². The van der Waals surface area contributed by atoms with Gasteiger partial charge in [0.05, 0.1) is 30.8 Å². The normalized spacial score (nSPS) is 22.1. The van der Waals surface area contributed by atoms with E-state index in [0.29, 0.717) is 37.0 Å².